The lowest BCUT2D eigenvalue weighted by molar-refractivity contribution is 0.467. The maximum atomic E-state index is 11.3. The molecule has 0 saturated carbocycles. The van der Waals surface area contributed by atoms with Crippen LogP contribution in [-0.2, 0) is 20.2 Å². The van der Waals surface area contributed by atoms with E-state index >= 15 is 0 Å². The Kier molecular flexibility index (Phi) is 2.90. The Hall–Kier alpha value is -1.48. The standard InChI is InChI=1S/C10H7O6S2/c11-17(12,13)9-6-5-7-3-1-2-4-8(7)10(9)18(14,15)16/h1-4,6H,(H,11,12,13)(H,14,15,16). The fraction of sp³-hybridized carbons (Fsp3) is 0. The first-order valence-electron chi connectivity index (χ1n) is 4.59. The van der Waals surface area contributed by atoms with Gasteiger partial charge in [-0.25, -0.2) is 0 Å². The molecule has 0 atom stereocenters. The van der Waals surface area contributed by atoms with Gasteiger partial charge < -0.3 is 0 Å². The molecule has 0 spiro atoms. The third-order valence-corrected chi connectivity index (χ3v) is 4.25. The van der Waals surface area contributed by atoms with E-state index in [1.165, 1.54) is 18.2 Å². The van der Waals surface area contributed by atoms with Gasteiger partial charge in [-0.15, -0.1) is 0 Å². The van der Waals surface area contributed by atoms with E-state index in [4.69, 9.17) is 9.11 Å². The SMILES string of the molecule is O=S(=O)(O)c1c[c]c2ccccc2c1S(=O)(=O)O. The zero-order valence-corrected chi connectivity index (χ0v) is 10.4. The van der Waals surface area contributed by atoms with Crippen molar-refractivity contribution in [3.8, 4) is 0 Å². The number of benzene rings is 2. The van der Waals surface area contributed by atoms with Crippen LogP contribution >= 0.6 is 0 Å². The van der Waals surface area contributed by atoms with Crippen molar-refractivity contribution in [3.05, 3.63) is 36.4 Å². The third-order valence-electron chi connectivity index (χ3n) is 2.29. The van der Waals surface area contributed by atoms with E-state index in [0.29, 0.717) is 5.39 Å². The Morgan fingerprint density at radius 2 is 1.56 bits per heavy atom. The monoisotopic (exact) mass is 287 g/mol. The Bertz CT molecular complexity index is 821. The molecule has 6 nitrogen and oxygen atoms in total. The van der Waals surface area contributed by atoms with Gasteiger partial charge in [0.1, 0.15) is 9.79 Å². The molecule has 0 fully saturated rings. The minimum Gasteiger partial charge on any atom is -0.282 e. The smallest absolute Gasteiger partial charge is 0.282 e. The van der Waals surface area contributed by atoms with Crippen molar-refractivity contribution >= 4 is 31.0 Å². The molecule has 0 unspecified atom stereocenters. The molecule has 0 amide bonds. The van der Waals surface area contributed by atoms with E-state index < -0.39 is 30.0 Å². The molecule has 2 rings (SSSR count). The lowest BCUT2D eigenvalue weighted by Crippen LogP contribution is -2.09. The van der Waals surface area contributed by atoms with Crippen molar-refractivity contribution in [2.24, 2.45) is 0 Å². The van der Waals surface area contributed by atoms with Gasteiger partial charge in [0.15, 0.2) is 0 Å². The first-order valence-corrected chi connectivity index (χ1v) is 7.47. The largest absolute Gasteiger partial charge is 0.296 e. The Labute approximate surface area is 103 Å². The van der Waals surface area contributed by atoms with Crippen molar-refractivity contribution in [2.45, 2.75) is 9.79 Å². The van der Waals surface area contributed by atoms with Gasteiger partial charge in [0.2, 0.25) is 0 Å². The van der Waals surface area contributed by atoms with Gasteiger partial charge in [0.25, 0.3) is 20.2 Å². The fourth-order valence-electron chi connectivity index (χ4n) is 1.61. The van der Waals surface area contributed by atoms with Gasteiger partial charge in [-0.2, -0.15) is 16.8 Å². The van der Waals surface area contributed by atoms with E-state index in [0.717, 1.165) is 6.07 Å². The van der Waals surface area contributed by atoms with E-state index in [1.807, 2.05) is 0 Å². The van der Waals surface area contributed by atoms with Gasteiger partial charge in [0.05, 0.1) is 0 Å². The van der Waals surface area contributed by atoms with E-state index in [2.05, 4.69) is 6.07 Å². The van der Waals surface area contributed by atoms with Crippen LogP contribution < -0.4 is 0 Å². The topological polar surface area (TPSA) is 109 Å². The number of fused-ring (bicyclic) bond motifs is 1. The molecule has 0 aliphatic heterocycles. The minimum absolute atomic E-state index is 0.0323. The van der Waals surface area contributed by atoms with Crippen molar-refractivity contribution in [1.82, 2.24) is 0 Å². The first kappa shape index (κ1) is 13.0. The summed E-state index contributed by atoms with van der Waals surface area (Å²) in [5, 5.41) is 0.271. The zero-order chi connectivity index (χ0) is 13.6. The highest BCUT2D eigenvalue weighted by Gasteiger charge is 2.26. The number of rotatable bonds is 2. The van der Waals surface area contributed by atoms with Crippen LogP contribution in [0.25, 0.3) is 10.8 Å². The van der Waals surface area contributed by atoms with Crippen LogP contribution in [0.1, 0.15) is 0 Å². The maximum absolute atomic E-state index is 11.3. The van der Waals surface area contributed by atoms with Crippen molar-refractivity contribution in [2.75, 3.05) is 0 Å². The molecule has 18 heavy (non-hydrogen) atoms. The molecular formula is C10H7O6S2. The van der Waals surface area contributed by atoms with Gasteiger partial charge in [0, 0.05) is 5.39 Å². The summed E-state index contributed by atoms with van der Waals surface area (Å²) in [5.41, 5.74) is 0. The van der Waals surface area contributed by atoms with Crippen LogP contribution in [0.5, 0.6) is 0 Å². The summed E-state index contributed by atoms with van der Waals surface area (Å²) in [6, 6.07) is 9.20. The Morgan fingerprint density at radius 1 is 0.944 bits per heavy atom. The predicted octanol–water partition coefficient (Wildman–Crippen LogP) is 1.13. The third kappa shape index (κ3) is 2.23. The average molecular weight is 287 g/mol. The second-order valence-corrected chi connectivity index (χ2v) is 6.23. The van der Waals surface area contributed by atoms with Gasteiger partial charge in [-0.3, -0.25) is 9.11 Å². The fourth-order valence-corrected chi connectivity index (χ4v) is 3.56. The van der Waals surface area contributed by atoms with Gasteiger partial charge in [-0.1, -0.05) is 24.3 Å². The van der Waals surface area contributed by atoms with Crippen LogP contribution in [0.3, 0.4) is 0 Å². The van der Waals surface area contributed by atoms with Crippen LogP contribution in [0.2, 0.25) is 0 Å². The molecule has 0 aliphatic rings. The molecule has 2 aromatic carbocycles. The normalized spacial score (nSPS) is 12.8. The molecule has 8 heteroatoms. The molecule has 95 valence electrons. The quantitative estimate of drug-likeness (QED) is 0.801. The average Bonchev–Trinajstić information content (AvgIpc) is 2.24. The highest BCUT2D eigenvalue weighted by Crippen LogP contribution is 2.29. The lowest BCUT2D eigenvalue weighted by Gasteiger charge is -2.07. The van der Waals surface area contributed by atoms with Gasteiger partial charge >= 0.3 is 0 Å². The number of hydrogen-bond acceptors (Lipinski definition) is 4. The molecule has 2 aromatic rings. The summed E-state index contributed by atoms with van der Waals surface area (Å²) in [7, 11) is -9.58. The summed E-state index contributed by atoms with van der Waals surface area (Å²) in [5.74, 6) is 0. The molecule has 0 bridgehead atoms. The highest BCUT2D eigenvalue weighted by atomic mass is 32.2. The van der Waals surface area contributed by atoms with E-state index in [1.54, 1.807) is 6.07 Å². The zero-order valence-electron chi connectivity index (χ0n) is 8.73. The van der Waals surface area contributed by atoms with Crippen molar-refractivity contribution in [3.63, 3.8) is 0 Å². The lowest BCUT2D eigenvalue weighted by atomic mass is 10.1. The Morgan fingerprint density at radius 3 is 2.11 bits per heavy atom. The predicted molar refractivity (Wildman–Crippen MR) is 62.4 cm³/mol. The molecule has 0 aliphatic carbocycles. The van der Waals surface area contributed by atoms with Crippen LogP contribution in [0.4, 0.5) is 0 Å². The van der Waals surface area contributed by atoms with Crippen LogP contribution in [0.15, 0.2) is 40.1 Å². The van der Waals surface area contributed by atoms with Crippen LogP contribution in [-0.4, -0.2) is 25.9 Å². The number of hydrogen-bond donors (Lipinski definition) is 2. The first-order chi connectivity index (χ1) is 8.21. The van der Waals surface area contributed by atoms with Crippen molar-refractivity contribution < 1.29 is 25.9 Å². The summed E-state index contributed by atoms with van der Waals surface area (Å²) in [6.07, 6.45) is 0. The maximum Gasteiger partial charge on any atom is 0.296 e. The molecule has 2 N–H and O–H groups in total. The Balaban J connectivity index is 3.08. The summed E-state index contributed by atoms with van der Waals surface area (Å²) < 4.78 is 62.9. The van der Waals surface area contributed by atoms with Crippen molar-refractivity contribution in [1.29, 1.82) is 0 Å². The van der Waals surface area contributed by atoms with E-state index in [9.17, 15) is 16.8 Å². The molecule has 1 radical (unpaired) electrons. The van der Waals surface area contributed by atoms with E-state index in [-0.39, 0.29) is 5.39 Å². The van der Waals surface area contributed by atoms with Crippen LogP contribution in [0, 0.1) is 6.07 Å². The van der Waals surface area contributed by atoms with Gasteiger partial charge in [-0.05, 0) is 17.5 Å². The molecular weight excluding hydrogens is 280 g/mol. The summed E-state index contributed by atoms with van der Waals surface area (Å²) in [6.45, 7) is 0. The minimum atomic E-state index is -4.80. The summed E-state index contributed by atoms with van der Waals surface area (Å²) in [4.78, 5) is -1.75. The second kappa shape index (κ2) is 4.02. The highest BCUT2D eigenvalue weighted by molar-refractivity contribution is 7.89. The summed E-state index contributed by atoms with van der Waals surface area (Å²) >= 11 is 0. The molecule has 0 saturated heterocycles. The molecule has 0 aromatic heterocycles. The molecule has 0 heterocycles. The second-order valence-electron chi connectivity index (χ2n) is 3.48.